The second-order valence-electron chi connectivity index (χ2n) is 6.72. The molecule has 1 aliphatic rings. The summed E-state index contributed by atoms with van der Waals surface area (Å²) in [7, 11) is 0. The minimum absolute atomic E-state index is 0.251. The molecule has 26 heavy (non-hydrogen) atoms. The lowest BCUT2D eigenvalue weighted by molar-refractivity contribution is -0.147. The Hall–Kier alpha value is -2.63. The van der Waals surface area contributed by atoms with Crippen molar-refractivity contribution in [2.75, 3.05) is 11.9 Å². The summed E-state index contributed by atoms with van der Waals surface area (Å²) in [4.78, 5) is 17.1. The van der Waals surface area contributed by atoms with Crippen LogP contribution < -0.4 is 5.32 Å². The highest BCUT2D eigenvalue weighted by Gasteiger charge is 2.41. The van der Waals surface area contributed by atoms with Gasteiger partial charge in [-0.1, -0.05) is 51.1 Å². The van der Waals surface area contributed by atoms with Crippen molar-refractivity contribution in [2.24, 2.45) is 5.92 Å². The fourth-order valence-corrected chi connectivity index (χ4v) is 3.36. The molecule has 2 atom stereocenters. The van der Waals surface area contributed by atoms with Crippen LogP contribution in [0.2, 0.25) is 0 Å². The fourth-order valence-electron chi connectivity index (χ4n) is 3.36. The van der Waals surface area contributed by atoms with Crippen LogP contribution in [-0.4, -0.2) is 27.3 Å². The van der Waals surface area contributed by atoms with Gasteiger partial charge in [0.05, 0.1) is 12.6 Å². The highest BCUT2D eigenvalue weighted by Crippen LogP contribution is 2.38. The standard InChI is InChI=1S/C20H26N4O2/c1-5-7-16-17(19(25)26-6-2)18(24-20(23-16)21-12-22-24)15-10-8-14(9-11-15)13(3)4/h7-13,17-18H,5-6H2,1-4H3,(H,21,22,23)/b16-7-/t17-,18+/m0/s1. The Kier molecular flexibility index (Phi) is 5.40. The van der Waals surface area contributed by atoms with E-state index in [2.05, 4.69) is 53.5 Å². The van der Waals surface area contributed by atoms with Crippen LogP contribution >= 0.6 is 0 Å². The largest absolute Gasteiger partial charge is 0.465 e. The highest BCUT2D eigenvalue weighted by molar-refractivity contribution is 5.79. The van der Waals surface area contributed by atoms with E-state index in [0.29, 0.717) is 18.5 Å². The first kappa shape index (κ1) is 18.2. The number of esters is 1. The molecule has 0 saturated heterocycles. The molecule has 1 aliphatic heterocycles. The second-order valence-corrected chi connectivity index (χ2v) is 6.72. The van der Waals surface area contributed by atoms with E-state index in [-0.39, 0.29) is 12.0 Å². The Bertz CT molecular complexity index is 792. The molecule has 1 aromatic heterocycles. The number of nitrogens with zero attached hydrogens (tertiary/aromatic N) is 3. The average molecular weight is 354 g/mol. The van der Waals surface area contributed by atoms with Crippen molar-refractivity contribution in [3.8, 4) is 0 Å². The minimum atomic E-state index is -0.478. The Morgan fingerprint density at radius 1 is 1.31 bits per heavy atom. The van der Waals surface area contributed by atoms with Crippen molar-refractivity contribution in [1.29, 1.82) is 0 Å². The van der Waals surface area contributed by atoms with Gasteiger partial charge < -0.3 is 10.1 Å². The molecule has 0 amide bonds. The number of aromatic nitrogens is 3. The third-order valence-corrected chi connectivity index (χ3v) is 4.65. The minimum Gasteiger partial charge on any atom is -0.465 e. The molecular weight excluding hydrogens is 328 g/mol. The van der Waals surface area contributed by atoms with Crippen LogP contribution in [0.5, 0.6) is 0 Å². The van der Waals surface area contributed by atoms with Crippen LogP contribution in [0.25, 0.3) is 0 Å². The van der Waals surface area contributed by atoms with Gasteiger partial charge in [0.25, 0.3) is 0 Å². The summed E-state index contributed by atoms with van der Waals surface area (Å²) in [6, 6.07) is 8.10. The number of carbonyl (C=O) groups is 1. The van der Waals surface area contributed by atoms with Crippen molar-refractivity contribution in [3.05, 3.63) is 53.5 Å². The van der Waals surface area contributed by atoms with E-state index in [1.165, 1.54) is 11.9 Å². The van der Waals surface area contributed by atoms with Gasteiger partial charge in [-0.25, -0.2) is 4.68 Å². The number of anilines is 1. The molecule has 0 saturated carbocycles. The number of nitrogens with one attached hydrogen (secondary N) is 1. The quantitative estimate of drug-likeness (QED) is 0.825. The molecule has 2 heterocycles. The predicted molar refractivity (Wildman–Crippen MR) is 101 cm³/mol. The Morgan fingerprint density at radius 2 is 2.04 bits per heavy atom. The lowest BCUT2D eigenvalue weighted by Crippen LogP contribution is -2.38. The van der Waals surface area contributed by atoms with E-state index in [9.17, 15) is 4.79 Å². The van der Waals surface area contributed by atoms with Crippen molar-refractivity contribution in [1.82, 2.24) is 14.8 Å². The molecule has 138 valence electrons. The third kappa shape index (κ3) is 3.36. The molecular formula is C20H26N4O2. The van der Waals surface area contributed by atoms with Crippen LogP contribution in [-0.2, 0) is 9.53 Å². The Morgan fingerprint density at radius 3 is 2.65 bits per heavy atom. The zero-order valence-electron chi connectivity index (χ0n) is 15.8. The number of carbonyl (C=O) groups excluding carboxylic acids is 1. The van der Waals surface area contributed by atoms with Gasteiger partial charge >= 0.3 is 5.97 Å². The molecule has 1 N–H and O–H groups in total. The van der Waals surface area contributed by atoms with E-state index in [0.717, 1.165) is 17.7 Å². The maximum Gasteiger partial charge on any atom is 0.317 e. The smallest absolute Gasteiger partial charge is 0.317 e. The number of allylic oxidation sites excluding steroid dienone is 1. The highest BCUT2D eigenvalue weighted by atomic mass is 16.5. The molecule has 6 nitrogen and oxygen atoms in total. The van der Waals surface area contributed by atoms with E-state index in [1.807, 2.05) is 19.9 Å². The number of benzene rings is 1. The van der Waals surface area contributed by atoms with Gasteiger partial charge in [0.1, 0.15) is 12.2 Å². The topological polar surface area (TPSA) is 69.0 Å². The predicted octanol–water partition coefficient (Wildman–Crippen LogP) is 3.89. The summed E-state index contributed by atoms with van der Waals surface area (Å²) in [6.07, 6.45) is 4.34. The fraction of sp³-hybridized carbons (Fsp3) is 0.450. The normalized spacial score (nSPS) is 20.7. The zero-order chi connectivity index (χ0) is 18.7. The maximum atomic E-state index is 12.8. The van der Waals surface area contributed by atoms with Crippen LogP contribution in [0.3, 0.4) is 0 Å². The SMILES string of the molecule is CC/C=C1\Nc2ncnn2[C@H](c2ccc(C(C)C)cc2)[C@H]1C(=O)OCC. The molecule has 1 aromatic carbocycles. The summed E-state index contributed by atoms with van der Waals surface area (Å²) in [5.74, 6) is 0.367. The number of rotatable bonds is 5. The number of fused-ring (bicyclic) bond motifs is 1. The maximum absolute atomic E-state index is 12.8. The molecule has 0 aliphatic carbocycles. The van der Waals surface area contributed by atoms with Crippen molar-refractivity contribution < 1.29 is 9.53 Å². The summed E-state index contributed by atoms with van der Waals surface area (Å²) in [5, 5.41) is 7.61. The molecule has 6 heteroatoms. The molecule has 0 unspecified atom stereocenters. The Balaban J connectivity index is 2.10. The molecule has 3 rings (SSSR count). The first-order valence-corrected chi connectivity index (χ1v) is 9.19. The number of ether oxygens (including phenoxy) is 1. The molecule has 0 spiro atoms. The summed E-state index contributed by atoms with van der Waals surface area (Å²) < 4.78 is 7.16. The first-order valence-electron chi connectivity index (χ1n) is 9.19. The van der Waals surface area contributed by atoms with Gasteiger partial charge in [0.2, 0.25) is 5.95 Å². The van der Waals surface area contributed by atoms with Gasteiger partial charge in [0, 0.05) is 5.70 Å². The van der Waals surface area contributed by atoms with Crippen LogP contribution in [0.4, 0.5) is 5.95 Å². The van der Waals surface area contributed by atoms with Crippen LogP contribution in [0, 0.1) is 5.92 Å². The van der Waals surface area contributed by atoms with Gasteiger partial charge in [-0.2, -0.15) is 10.1 Å². The monoisotopic (exact) mass is 354 g/mol. The van der Waals surface area contributed by atoms with Crippen molar-refractivity contribution >= 4 is 11.9 Å². The molecule has 0 bridgehead atoms. The molecule has 0 radical (unpaired) electrons. The van der Waals surface area contributed by atoms with E-state index in [1.54, 1.807) is 4.68 Å². The van der Waals surface area contributed by atoms with Gasteiger partial charge in [-0.05, 0) is 30.4 Å². The summed E-state index contributed by atoms with van der Waals surface area (Å²) >= 11 is 0. The summed E-state index contributed by atoms with van der Waals surface area (Å²) in [5.41, 5.74) is 3.10. The Labute approximate surface area is 154 Å². The van der Waals surface area contributed by atoms with Crippen molar-refractivity contribution in [3.63, 3.8) is 0 Å². The number of hydrogen-bond donors (Lipinski definition) is 1. The molecule has 2 aromatic rings. The lowest BCUT2D eigenvalue weighted by atomic mass is 9.87. The van der Waals surface area contributed by atoms with E-state index in [4.69, 9.17) is 4.74 Å². The van der Waals surface area contributed by atoms with Crippen LogP contribution in [0.15, 0.2) is 42.4 Å². The van der Waals surface area contributed by atoms with E-state index >= 15 is 0 Å². The second kappa shape index (κ2) is 7.72. The van der Waals surface area contributed by atoms with E-state index < -0.39 is 5.92 Å². The zero-order valence-corrected chi connectivity index (χ0v) is 15.8. The van der Waals surface area contributed by atoms with Gasteiger partial charge in [0.15, 0.2) is 0 Å². The van der Waals surface area contributed by atoms with Gasteiger partial charge in [-0.3, -0.25) is 4.79 Å². The first-order chi connectivity index (χ1) is 12.6. The third-order valence-electron chi connectivity index (χ3n) is 4.65. The lowest BCUT2D eigenvalue weighted by Gasteiger charge is -2.33. The van der Waals surface area contributed by atoms with Crippen LogP contribution in [0.1, 0.15) is 57.2 Å². The molecule has 0 fully saturated rings. The number of hydrogen-bond acceptors (Lipinski definition) is 5. The van der Waals surface area contributed by atoms with Gasteiger partial charge in [-0.15, -0.1) is 0 Å². The summed E-state index contributed by atoms with van der Waals surface area (Å²) in [6.45, 7) is 8.54. The average Bonchev–Trinajstić information content (AvgIpc) is 3.09. The van der Waals surface area contributed by atoms with Crippen molar-refractivity contribution in [2.45, 2.75) is 46.1 Å².